The average molecular weight is 419 g/mol. The molecule has 4 aromatic rings. The number of rotatable bonds is 7. The molecule has 0 fully saturated rings. The summed E-state index contributed by atoms with van der Waals surface area (Å²) in [6, 6.07) is 23.3. The largest absolute Gasteiger partial charge is 0.493 e. The average Bonchev–Trinajstić information content (AvgIpc) is 3.23. The lowest BCUT2D eigenvalue weighted by atomic mass is 10.1. The molecule has 0 atom stereocenters. The van der Waals surface area contributed by atoms with Gasteiger partial charge in [-0.05, 0) is 42.3 Å². The van der Waals surface area contributed by atoms with Gasteiger partial charge in [0.25, 0.3) is 5.91 Å². The summed E-state index contributed by atoms with van der Waals surface area (Å²) < 4.78 is 11.7. The second-order valence-corrected chi connectivity index (χ2v) is 7.74. The van der Waals surface area contributed by atoms with Gasteiger partial charge in [0, 0.05) is 12.1 Å². The highest BCUT2D eigenvalue weighted by Gasteiger charge is 2.22. The lowest BCUT2D eigenvalue weighted by molar-refractivity contribution is 0.0987. The van der Waals surface area contributed by atoms with E-state index in [0.717, 1.165) is 16.6 Å². The Morgan fingerprint density at radius 2 is 1.67 bits per heavy atom. The van der Waals surface area contributed by atoms with Gasteiger partial charge in [-0.15, -0.1) is 0 Å². The molecule has 0 aliphatic rings. The molecule has 1 aromatic heterocycles. The van der Waals surface area contributed by atoms with Crippen molar-refractivity contribution in [3.63, 3.8) is 0 Å². The highest BCUT2D eigenvalue weighted by atomic mass is 32.1. The number of hydrogen-bond acceptors (Lipinski definition) is 5. The minimum atomic E-state index is -0.119. The van der Waals surface area contributed by atoms with Gasteiger partial charge in [-0.2, -0.15) is 0 Å². The Kier molecular flexibility index (Phi) is 5.95. The first kappa shape index (κ1) is 19.9. The van der Waals surface area contributed by atoms with Gasteiger partial charge in [0.1, 0.15) is 0 Å². The summed E-state index contributed by atoms with van der Waals surface area (Å²) in [5.41, 5.74) is 2.59. The van der Waals surface area contributed by atoms with Crippen LogP contribution in [0.2, 0.25) is 0 Å². The summed E-state index contributed by atoms with van der Waals surface area (Å²) in [7, 11) is 3.14. The first-order valence-electron chi connectivity index (χ1n) is 9.63. The van der Waals surface area contributed by atoms with Crippen LogP contribution in [0.15, 0.2) is 72.8 Å². The molecular formula is C24H22N2O3S. The number of thiazole rings is 1. The minimum absolute atomic E-state index is 0.119. The van der Waals surface area contributed by atoms with E-state index in [2.05, 4.69) is 12.1 Å². The second kappa shape index (κ2) is 8.97. The number of methoxy groups -OCH3 is 2. The zero-order valence-electron chi connectivity index (χ0n) is 16.9. The third-order valence-corrected chi connectivity index (χ3v) is 5.92. The highest BCUT2D eigenvalue weighted by Crippen LogP contribution is 2.32. The van der Waals surface area contributed by atoms with Crippen LogP contribution in [0.1, 0.15) is 15.9 Å². The van der Waals surface area contributed by atoms with Crippen molar-refractivity contribution >= 4 is 32.6 Å². The maximum absolute atomic E-state index is 13.5. The third kappa shape index (κ3) is 4.14. The van der Waals surface area contributed by atoms with Gasteiger partial charge in [0.15, 0.2) is 16.6 Å². The fourth-order valence-corrected chi connectivity index (χ4v) is 4.26. The van der Waals surface area contributed by atoms with Crippen LogP contribution in [0.25, 0.3) is 10.2 Å². The fourth-order valence-electron chi connectivity index (χ4n) is 3.27. The monoisotopic (exact) mass is 418 g/mol. The lowest BCUT2D eigenvalue weighted by Crippen LogP contribution is -2.33. The van der Waals surface area contributed by atoms with Gasteiger partial charge in [0.2, 0.25) is 0 Å². The number of aromatic nitrogens is 1. The summed E-state index contributed by atoms with van der Waals surface area (Å²) in [6.07, 6.45) is 0.732. The number of para-hydroxylation sites is 1. The normalized spacial score (nSPS) is 10.7. The predicted molar refractivity (Wildman–Crippen MR) is 121 cm³/mol. The fraction of sp³-hybridized carbons (Fsp3) is 0.167. The van der Waals surface area contributed by atoms with Crippen LogP contribution in [-0.2, 0) is 6.42 Å². The van der Waals surface area contributed by atoms with Crippen LogP contribution in [0.5, 0.6) is 11.5 Å². The van der Waals surface area contributed by atoms with Gasteiger partial charge >= 0.3 is 0 Å². The standard InChI is InChI=1S/C24H22N2O3S/c1-28-20-13-12-18(16-21(20)29-2)23(27)26(15-14-17-8-4-3-5-9-17)24-25-19-10-6-7-11-22(19)30-24/h3-13,16H,14-15H2,1-2H3. The first-order valence-corrected chi connectivity index (χ1v) is 10.4. The van der Waals surface area contributed by atoms with Gasteiger partial charge in [-0.1, -0.05) is 53.8 Å². The molecule has 6 heteroatoms. The summed E-state index contributed by atoms with van der Waals surface area (Å²) >= 11 is 1.52. The van der Waals surface area contributed by atoms with Crippen molar-refractivity contribution in [1.29, 1.82) is 0 Å². The molecule has 1 heterocycles. The van der Waals surface area contributed by atoms with E-state index >= 15 is 0 Å². The SMILES string of the molecule is COc1ccc(C(=O)N(CCc2ccccc2)c2nc3ccccc3s2)cc1OC. The van der Waals surface area contributed by atoms with Crippen molar-refractivity contribution in [1.82, 2.24) is 4.98 Å². The van der Waals surface area contributed by atoms with Crippen LogP contribution < -0.4 is 14.4 Å². The van der Waals surface area contributed by atoms with Crippen LogP contribution >= 0.6 is 11.3 Å². The number of carbonyl (C=O) groups is 1. The van der Waals surface area contributed by atoms with Gasteiger partial charge in [-0.3, -0.25) is 9.69 Å². The first-order chi connectivity index (χ1) is 14.7. The molecule has 30 heavy (non-hydrogen) atoms. The van der Waals surface area contributed by atoms with E-state index in [0.29, 0.717) is 28.7 Å². The molecule has 0 N–H and O–H groups in total. The Bertz CT molecular complexity index is 1120. The van der Waals surface area contributed by atoms with Crippen molar-refractivity contribution in [2.75, 3.05) is 25.7 Å². The summed E-state index contributed by atoms with van der Waals surface area (Å²) in [6.45, 7) is 0.525. The molecule has 0 spiro atoms. The Morgan fingerprint density at radius 3 is 2.40 bits per heavy atom. The number of fused-ring (bicyclic) bond motifs is 1. The van der Waals surface area contributed by atoms with E-state index in [1.165, 1.54) is 16.9 Å². The predicted octanol–water partition coefficient (Wildman–Crippen LogP) is 5.20. The molecule has 0 bridgehead atoms. The number of amides is 1. The van der Waals surface area contributed by atoms with Crippen molar-refractivity contribution in [3.05, 3.63) is 83.9 Å². The third-order valence-electron chi connectivity index (χ3n) is 4.86. The lowest BCUT2D eigenvalue weighted by Gasteiger charge is -2.20. The summed E-state index contributed by atoms with van der Waals surface area (Å²) in [5.74, 6) is 0.992. The molecule has 0 saturated heterocycles. The zero-order chi connectivity index (χ0) is 20.9. The minimum Gasteiger partial charge on any atom is -0.493 e. The Labute approximate surface area is 179 Å². The van der Waals surface area contributed by atoms with E-state index in [9.17, 15) is 4.79 Å². The Balaban J connectivity index is 1.69. The number of benzene rings is 3. The van der Waals surface area contributed by atoms with E-state index in [-0.39, 0.29) is 5.91 Å². The Morgan fingerprint density at radius 1 is 0.933 bits per heavy atom. The van der Waals surface area contributed by atoms with E-state index in [1.54, 1.807) is 37.3 Å². The molecule has 0 saturated carbocycles. The number of hydrogen-bond donors (Lipinski definition) is 0. The maximum Gasteiger partial charge on any atom is 0.260 e. The van der Waals surface area contributed by atoms with Gasteiger partial charge in [0.05, 0.1) is 24.4 Å². The van der Waals surface area contributed by atoms with Crippen LogP contribution in [0, 0.1) is 0 Å². The van der Waals surface area contributed by atoms with E-state index in [4.69, 9.17) is 14.5 Å². The number of carbonyl (C=O) groups excluding carboxylic acids is 1. The molecular weight excluding hydrogens is 396 g/mol. The van der Waals surface area contributed by atoms with Crippen molar-refractivity contribution in [2.45, 2.75) is 6.42 Å². The quantitative estimate of drug-likeness (QED) is 0.414. The topological polar surface area (TPSA) is 51.7 Å². The molecule has 152 valence electrons. The van der Waals surface area contributed by atoms with Crippen LogP contribution in [-0.4, -0.2) is 31.7 Å². The van der Waals surface area contributed by atoms with Crippen molar-refractivity contribution in [2.24, 2.45) is 0 Å². The summed E-state index contributed by atoms with van der Waals surface area (Å²) in [5, 5.41) is 0.687. The number of nitrogens with zero attached hydrogens (tertiary/aromatic N) is 2. The molecule has 0 unspecified atom stereocenters. The van der Waals surface area contributed by atoms with E-state index < -0.39 is 0 Å². The van der Waals surface area contributed by atoms with Crippen molar-refractivity contribution in [3.8, 4) is 11.5 Å². The summed E-state index contributed by atoms with van der Waals surface area (Å²) in [4.78, 5) is 20.0. The van der Waals surface area contributed by atoms with Crippen molar-refractivity contribution < 1.29 is 14.3 Å². The second-order valence-electron chi connectivity index (χ2n) is 6.73. The molecule has 1 amide bonds. The highest BCUT2D eigenvalue weighted by molar-refractivity contribution is 7.22. The molecule has 0 radical (unpaired) electrons. The van der Waals surface area contributed by atoms with Gasteiger partial charge < -0.3 is 9.47 Å². The number of anilines is 1. The van der Waals surface area contributed by atoms with Crippen LogP contribution in [0.4, 0.5) is 5.13 Å². The Hall–Kier alpha value is -3.38. The molecule has 4 rings (SSSR count). The molecule has 0 aliphatic heterocycles. The molecule has 3 aromatic carbocycles. The zero-order valence-corrected chi connectivity index (χ0v) is 17.7. The van der Waals surface area contributed by atoms with Crippen LogP contribution in [0.3, 0.4) is 0 Å². The smallest absolute Gasteiger partial charge is 0.260 e. The molecule has 5 nitrogen and oxygen atoms in total. The van der Waals surface area contributed by atoms with Gasteiger partial charge in [-0.25, -0.2) is 4.98 Å². The van der Waals surface area contributed by atoms with E-state index in [1.807, 2.05) is 42.5 Å². The molecule has 0 aliphatic carbocycles. The maximum atomic E-state index is 13.5. The number of ether oxygens (including phenoxy) is 2.